The first kappa shape index (κ1) is 16.9. The highest BCUT2D eigenvalue weighted by Gasteiger charge is 2.18. The Balaban J connectivity index is 1.69. The van der Waals surface area contributed by atoms with E-state index < -0.39 is 0 Å². The average Bonchev–Trinajstić information content (AvgIpc) is 3.15. The molecule has 4 rings (SSSR count). The van der Waals surface area contributed by atoms with Crippen molar-refractivity contribution in [1.82, 2.24) is 0 Å². The van der Waals surface area contributed by atoms with E-state index in [2.05, 4.69) is 6.92 Å². The second-order valence-corrected chi connectivity index (χ2v) is 6.56. The van der Waals surface area contributed by atoms with Crippen molar-refractivity contribution in [1.29, 1.82) is 0 Å². The highest BCUT2D eigenvalue weighted by Crippen LogP contribution is 2.29. The normalized spacial score (nSPS) is 17.0. The molecule has 26 heavy (non-hydrogen) atoms. The summed E-state index contributed by atoms with van der Waals surface area (Å²) < 4.78 is 22.5. The van der Waals surface area contributed by atoms with Crippen LogP contribution in [0.15, 0.2) is 45.6 Å². The Morgan fingerprint density at radius 3 is 2.73 bits per heavy atom. The summed E-state index contributed by atoms with van der Waals surface area (Å²) in [7, 11) is 0. The third-order valence-corrected chi connectivity index (χ3v) is 4.61. The van der Waals surface area contributed by atoms with Crippen molar-refractivity contribution in [3.8, 4) is 11.5 Å². The second kappa shape index (κ2) is 7.38. The van der Waals surface area contributed by atoms with E-state index in [0.717, 1.165) is 35.8 Å². The third kappa shape index (κ3) is 3.40. The molecule has 5 heteroatoms. The summed E-state index contributed by atoms with van der Waals surface area (Å²) in [5.74, 6) is 1.38. The number of benzene rings is 2. The smallest absolute Gasteiger partial charge is 0.344 e. The van der Waals surface area contributed by atoms with Crippen LogP contribution in [-0.4, -0.2) is 25.9 Å². The van der Waals surface area contributed by atoms with Crippen molar-refractivity contribution < 1.29 is 18.6 Å². The van der Waals surface area contributed by atoms with Crippen LogP contribution in [-0.2, 0) is 4.74 Å². The molecule has 0 bridgehead atoms. The van der Waals surface area contributed by atoms with E-state index in [1.165, 1.54) is 0 Å². The van der Waals surface area contributed by atoms with Crippen molar-refractivity contribution in [2.75, 3.05) is 19.8 Å². The van der Waals surface area contributed by atoms with Crippen molar-refractivity contribution in [3.63, 3.8) is 0 Å². The first-order valence-corrected chi connectivity index (χ1v) is 9.12. The van der Waals surface area contributed by atoms with E-state index in [1.54, 1.807) is 12.1 Å². The van der Waals surface area contributed by atoms with Gasteiger partial charge in [-0.2, -0.15) is 0 Å². The summed E-state index contributed by atoms with van der Waals surface area (Å²) in [6, 6.07) is 11.2. The third-order valence-electron chi connectivity index (χ3n) is 4.61. The Morgan fingerprint density at radius 1 is 1.08 bits per heavy atom. The van der Waals surface area contributed by atoms with E-state index >= 15 is 0 Å². The zero-order valence-corrected chi connectivity index (χ0v) is 14.8. The van der Waals surface area contributed by atoms with Crippen LogP contribution in [0.5, 0.6) is 11.5 Å². The molecule has 136 valence electrons. The molecule has 0 amide bonds. The summed E-state index contributed by atoms with van der Waals surface area (Å²) in [6.07, 6.45) is 2.98. The highest BCUT2D eigenvalue weighted by molar-refractivity contribution is 6.04. The molecular weight excluding hydrogens is 332 g/mol. The standard InChI is InChI=1S/C21H22O5/c1-2-3-9-24-14-4-7-18-17-6-5-15(25-16-8-10-23-13-16)11-19(17)21(22)26-20(18)12-14/h4-7,11-12,16H,2-3,8-10,13H2,1H3. The minimum Gasteiger partial charge on any atom is -0.493 e. The number of hydrogen-bond acceptors (Lipinski definition) is 5. The summed E-state index contributed by atoms with van der Waals surface area (Å²) in [5.41, 5.74) is 0.167. The maximum atomic E-state index is 12.5. The fourth-order valence-corrected chi connectivity index (χ4v) is 3.19. The molecule has 0 aliphatic carbocycles. The maximum absolute atomic E-state index is 12.5. The SMILES string of the molecule is CCCCOc1ccc2c(c1)oc(=O)c1cc(OC3CCOC3)ccc12. The van der Waals surface area contributed by atoms with Gasteiger partial charge in [-0.3, -0.25) is 0 Å². The van der Waals surface area contributed by atoms with E-state index in [0.29, 0.717) is 36.5 Å². The topological polar surface area (TPSA) is 57.9 Å². The van der Waals surface area contributed by atoms with Crippen molar-refractivity contribution in [2.24, 2.45) is 0 Å². The molecule has 0 saturated carbocycles. The van der Waals surface area contributed by atoms with Crippen molar-refractivity contribution >= 4 is 21.7 Å². The average molecular weight is 354 g/mol. The molecule has 5 nitrogen and oxygen atoms in total. The predicted molar refractivity (Wildman–Crippen MR) is 100 cm³/mol. The largest absolute Gasteiger partial charge is 0.493 e. The molecule has 0 radical (unpaired) electrons. The first-order chi connectivity index (χ1) is 12.7. The van der Waals surface area contributed by atoms with Crippen LogP contribution < -0.4 is 15.1 Å². The summed E-state index contributed by atoms with van der Waals surface area (Å²) in [5, 5.41) is 2.26. The molecule has 0 spiro atoms. The van der Waals surface area contributed by atoms with Gasteiger partial charge in [0.25, 0.3) is 0 Å². The Labute approximate surface area is 151 Å². The van der Waals surface area contributed by atoms with E-state index in [9.17, 15) is 4.79 Å². The summed E-state index contributed by atoms with van der Waals surface area (Å²) >= 11 is 0. The van der Waals surface area contributed by atoms with E-state index in [4.69, 9.17) is 18.6 Å². The van der Waals surface area contributed by atoms with Crippen LogP contribution in [0.1, 0.15) is 26.2 Å². The number of rotatable bonds is 6. The van der Waals surface area contributed by atoms with Gasteiger partial charge in [0.15, 0.2) is 0 Å². The molecule has 0 N–H and O–H groups in total. The fraction of sp³-hybridized carbons (Fsp3) is 0.381. The summed E-state index contributed by atoms with van der Waals surface area (Å²) in [6.45, 7) is 4.08. The Hall–Kier alpha value is -2.53. The Morgan fingerprint density at radius 2 is 1.92 bits per heavy atom. The van der Waals surface area contributed by atoms with Crippen LogP contribution in [0.3, 0.4) is 0 Å². The van der Waals surface area contributed by atoms with Gasteiger partial charge in [0.2, 0.25) is 0 Å². The lowest BCUT2D eigenvalue weighted by Crippen LogP contribution is -2.15. The molecule has 1 aromatic heterocycles. The minimum atomic E-state index is -0.369. The zero-order valence-electron chi connectivity index (χ0n) is 14.8. The van der Waals surface area contributed by atoms with E-state index in [-0.39, 0.29) is 11.7 Å². The second-order valence-electron chi connectivity index (χ2n) is 6.56. The fourth-order valence-electron chi connectivity index (χ4n) is 3.19. The van der Waals surface area contributed by atoms with Gasteiger partial charge in [0, 0.05) is 23.3 Å². The lowest BCUT2D eigenvalue weighted by atomic mass is 10.1. The van der Waals surface area contributed by atoms with Gasteiger partial charge in [-0.1, -0.05) is 13.3 Å². The van der Waals surface area contributed by atoms with Crippen LogP contribution >= 0.6 is 0 Å². The number of fused-ring (bicyclic) bond motifs is 3. The van der Waals surface area contributed by atoms with Gasteiger partial charge >= 0.3 is 5.63 Å². The van der Waals surface area contributed by atoms with E-state index in [1.807, 2.05) is 24.3 Å². The first-order valence-electron chi connectivity index (χ1n) is 9.12. The van der Waals surface area contributed by atoms with Gasteiger partial charge in [0.1, 0.15) is 23.2 Å². The molecule has 1 saturated heterocycles. The molecule has 1 aliphatic heterocycles. The molecule has 2 aromatic carbocycles. The molecule has 1 aliphatic rings. The van der Waals surface area contributed by atoms with Gasteiger partial charge in [0.05, 0.1) is 25.2 Å². The number of hydrogen-bond donors (Lipinski definition) is 0. The van der Waals surface area contributed by atoms with Crippen molar-refractivity contribution in [2.45, 2.75) is 32.3 Å². The summed E-state index contributed by atoms with van der Waals surface area (Å²) in [4.78, 5) is 12.5. The molecule has 3 aromatic rings. The van der Waals surface area contributed by atoms with Crippen molar-refractivity contribution in [3.05, 3.63) is 46.8 Å². The quantitative estimate of drug-likeness (QED) is 0.375. The predicted octanol–water partition coefficient (Wildman–Crippen LogP) is 4.29. The minimum absolute atomic E-state index is 0.0442. The highest BCUT2D eigenvalue weighted by atomic mass is 16.5. The van der Waals surface area contributed by atoms with Gasteiger partial charge in [-0.25, -0.2) is 4.79 Å². The maximum Gasteiger partial charge on any atom is 0.344 e. The number of ether oxygens (including phenoxy) is 3. The van der Waals surface area contributed by atoms with Crippen LogP contribution in [0.2, 0.25) is 0 Å². The van der Waals surface area contributed by atoms with Crippen LogP contribution in [0.25, 0.3) is 21.7 Å². The molecule has 1 atom stereocenters. The molecule has 1 fully saturated rings. The Bertz CT molecular complexity index is 969. The number of unbranched alkanes of at least 4 members (excludes halogenated alkanes) is 1. The molecular formula is C21H22O5. The molecule has 1 unspecified atom stereocenters. The lowest BCUT2D eigenvalue weighted by molar-refractivity contribution is 0.141. The lowest BCUT2D eigenvalue weighted by Gasteiger charge is -2.12. The van der Waals surface area contributed by atoms with Gasteiger partial charge < -0.3 is 18.6 Å². The Kier molecular flexibility index (Phi) is 4.80. The van der Waals surface area contributed by atoms with Crippen LogP contribution in [0, 0.1) is 0 Å². The monoisotopic (exact) mass is 354 g/mol. The zero-order chi connectivity index (χ0) is 17.9. The van der Waals surface area contributed by atoms with Gasteiger partial charge in [-0.05, 0) is 36.8 Å². The van der Waals surface area contributed by atoms with Gasteiger partial charge in [-0.15, -0.1) is 0 Å². The van der Waals surface area contributed by atoms with Crippen LogP contribution in [0.4, 0.5) is 0 Å². The molecule has 2 heterocycles.